The monoisotopic (exact) mass is 316 g/mol. The predicted octanol–water partition coefficient (Wildman–Crippen LogP) is 4.50. The SMILES string of the molecule is O=C(c1ccc(F)cc1)C1CCN(CCC2CC[CH]CC2)CC1. The van der Waals surface area contributed by atoms with Gasteiger partial charge in [-0.3, -0.25) is 4.79 Å². The van der Waals surface area contributed by atoms with Crippen LogP contribution >= 0.6 is 0 Å². The maximum absolute atomic E-state index is 13.0. The first-order valence-electron chi connectivity index (χ1n) is 9.06. The van der Waals surface area contributed by atoms with Gasteiger partial charge in [-0.05, 0) is 88.3 Å². The summed E-state index contributed by atoms with van der Waals surface area (Å²) in [4.78, 5) is 15.0. The zero-order valence-corrected chi connectivity index (χ0v) is 13.8. The van der Waals surface area contributed by atoms with E-state index in [9.17, 15) is 9.18 Å². The highest BCUT2D eigenvalue weighted by Gasteiger charge is 2.26. The van der Waals surface area contributed by atoms with E-state index in [-0.39, 0.29) is 17.5 Å². The van der Waals surface area contributed by atoms with Crippen molar-refractivity contribution in [2.75, 3.05) is 19.6 Å². The average Bonchev–Trinajstić information content (AvgIpc) is 2.61. The van der Waals surface area contributed by atoms with Crippen molar-refractivity contribution in [2.45, 2.75) is 44.9 Å². The summed E-state index contributed by atoms with van der Waals surface area (Å²) in [6.07, 6.45) is 10.9. The molecule has 23 heavy (non-hydrogen) atoms. The van der Waals surface area contributed by atoms with E-state index >= 15 is 0 Å². The van der Waals surface area contributed by atoms with Gasteiger partial charge >= 0.3 is 0 Å². The zero-order valence-electron chi connectivity index (χ0n) is 13.8. The lowest BCUT2D eigenvalue weighted by atomic mass is 9.86. The number of nitrogens with zero attached hydrogens (tertiary/aromatic N) is 1. The largest absolute Gasteiger partial charge is 0.303 e. The fourth-order valence-corrected chi connectivity index (χ4v) is 3.92. The van der Waals surface area contributed by atoms with Gasteiger partial charge in [-0.1, -0.05) is 12.8 Å². The summed E-state index contributed by atoms with van der Waals surface area (Å²) in [5.74, 6) is 0.920. The number of carbonyl (C=O) groups is 1. The number of likely N-dealkylation sites (tertiary alicyclic amines) is 1. The first-order valence-corrected chi connectivity index (χ1v) is 9.06. The van der Waals surface area contributed by atoms with Gasteiger partial charge in [0.15, 0.2) is 5.78 Å². The lowest BCUT2D eigenvalue weighted by Gasteiger charge is -2.32. The molecule has 125 valence electrons. The third-order valence-electron chi connectivity index (χ3n) is 5.50. The summed E-state index contributed by atoms with van der Waals surface area (Å²) < 4.78 is 13.0. The van der Waals surface area contributed by atoms with Crippen LogP contribution in [0.5, 0.6) is 0 Å². The van der Waals surface area contributed by atoms with Crippen LogP contribution in [-0.2, 0) is 0 Å². The van der Waals surface area contributed by atoms with Crippen LogP contribution in [0.25, 0.3) is 0 Å². The van der Waals surface area contributed by atoms with Crippen LogP contribution in [0.1, 0.15) is 55.3 Å². The van der Waals surface area contributed by atoms with Crippen LogP contribution in [0.2, 0.25) is 0 Å². The molecule has 2 aliphatic rings. The predicted molar refractivity (Wildman–Crippen MR) is 90.8 cm³/mol. The first kappa shape index (κ1) is 16.6. The highest BCUT2D eigenvalue weighted by atomic mass is 19.1. The summed E-state index contributed by atoms with van der Waals surface area (Å²) in [5, 5.41) is 0. The number of hydrogen-bond acceptors (Lipinski definition) is 2. The molecule has 1 aliphatic carbocycles. The molecule has 0 spiro atoms. The fraction of sp³-hybridized carbons (Fsp3) is 0.600. The van der Waals surface area contributed by atoms with E-state index in [1.165, 1.54) is 50.8 Å². The Bertz CT molecular complexity index is 499. The van der Waals surface area contributed by atoms with Crippen molar-refractivity contribution >= 4 is 5.78 Å². The Hall–Kier alpha value is -1.22. The highest BCUT2D eigenvalue weighted by Crippen LogP contribution is 2.27. The van der Waals surface area contributed by atoms with Gasteiger partial charge in [-0.2, -0.15) is 0 Å². The van der Waals surface area contributed by atoms with Crippen molar-refractivity contribution in [1.29, 1.82) is 0 Å². The summed E-state index contributed by atoms with van der Waals surface area (Å²) in [6.45, 7) is 3.23. The molecule has 3 heteroatoms. The Morgan fingerprint density at radius 1 is 1.04 bits per heavy atom. The first-order chi connectivity index (χ1) is 11.2. The van der Waals surface area contributed by atoms with Crippen molar-refractivity contribution < 1.29 is 9.18 Å². The van der Waals surface area contributed by atoms with E-state index in [2.05, 4.69) is 11.3 Å². The molecule has 2 fully saturated rings. The summed E-state index contributed by atoms with van der Waals surface area (Å²) in [5.41, 5.74) is 0.656. The Morgan fingerprint density at radius 2 is 1.70 bits per heavy atom. The van der Waals surface area contributed by atoms with Gasteiger partial charge in [0.1, 0.15) is 5.82 Å². The molecular weight excluding hydrogens is 289 g/mol. The molecule has 0 atom stereocenters. The molecule has 1 aromatic carbocycles. The van der Waals surface area contributed by atoms with Gasteiger partial charge in [0.25, 0.3) is 0 Å². The molecule has 1 aromatic rings. The third kappa shape index (κ3) is 4.63. The molecule has 1 saturated heterocycles. The number of ketones is 1. The van der Waals surface area contributed by atoms with Crippen molar-refractivity contribution in [3.63, 3.8) is 0 Å². The Labute approximate surface area is 139 Å². The molecule has 2 nitrogen and oxygen atoms in total. The van der Waals surface area contributed by atoms with Gasteiger partial charge in [-0.25, -0.2) is 4.39 Å². The highest BCUT2D eigenvalue weighted by molar-refractivity contribution is 5.97. The average molecular weight is 316 g/mol. The van der Waals surface area contributed by atoms with Crippen molar-refractivity contribution in [3.05, 3.63) is 42.1 Å². The molecule has 0 unspecified atom stereocenters. The molecule has 0 aromatic heterocycles. The van der Waals surface area contributed by atoms with Crippen molar-refractivity contribution in [1.82, 2.24) is 4.90 Å². The second-order valence-electron chi connectivity index (χ2n) is 7.09. The minimum Gasteiger partial charge on any atom is -0.303 e. The number of halogens is 1. The maximum atomic E-state index is 13.0. The molecule has 3 rings (SSSR count). The second kappa shape index (κ2) is 8.05. The van der Waals surface area contributed by atoms with E-state index in [1.807, 2.05) is 0 Å². The number of Topliss-reactive ketones (excluding diaryl/α,β-unsaturated/α-hetero) is 1. The molecule has 1 heterocycles. The van der Waals surface area contributed by atoms with Crippen LogP contribution in [-0.4, -0.2) is 30.3 Å². The number of benzene rings is 1. The van der Waals surface area contributed by atoms with Gasteiger partial charge < -0.3 is 4.90 Å². The van der Waals surface area contributed by atoms with Gasteiger partial charge in [-0.15, -0.1) is 0 Å². The quantitative estimate of drug-likeness (QED) is 0.745. The van der Waals surface area contributed by atoms with Gasteiger partial charge in [0.2, 0.25) is 0 Å². The molecular formula is C20H27FNO. The standard InChI is InChI=1S/C20H27FNO/c21-19-8-6-17(7-9-19)20(23)18-11-14-22(15-12-18)13-10-16-4-2-1-3-5-16/h1,6-9,16,18H,2-5,10-15H2. The topological polar surface area (TPSA) is 20.3 Å². The normalized spacial score (nSPS) is 21.4. The van der Waals surface area contributed by atoms with Crippen molar-refractivity contribution in [2.24, 2.45) is 11.8 Å². The molecule has 1 radical (unpaired) electrons. The maximum Gasteiger partial charge on any atom is 0.166 e. The number of carbonyl (C=O) groups excluding carboxylic acids is 1. The van der Waals surface area contributed by atoms with Crippen LogP contribution < -0.4 is 0 Å². The van der Waals surface area contributed by atoms with Crippen LogP contribution in [0.3, 0.4) is 0 Å². The lowest BCUT2D eigenvalue weighted by Crippen LogP contribution is -2.37. The van der Waals surface area contributed by atoms with Gasteiger partial charge in [0.05, 0.1) is 0 Å². The molecule has 0 bridgehead atoms. The number of rotatable bonds is 5. The van der Waals surface area contributed by atoms with E-state index in [4.69, 9.17) is 0 Å². The lowest BCUT2D eigenvalue weighted by molar-refractivity contribution is 0.0834. The van der Waals surface area contributed by atoms with E-state index in [0.29, 0.717) is 5.56 Å². The Balaban J connectivity index is 1.42. The van der Waals surface area contributed by atoms with E-state index < -0.39 is 0 Å². The van der Waals surface area contributed by atoms with Crippen LogP contribution in [0.4, 0.5) is 4.39 Å². The van der Waals surface area contributed by atoms with E-state index in [0.717, 1.165) is 31.8 Å². The summed E-state index contributed by atoms with van der Waals surface area (Å²) in [7, 11) is 0. The number of piperidine rings is 1. The van der Waals surface area contributed by atoms with Crippen molar-refractivity contribution in [3.8, 4) is 0 Å². The zero-order chi connectivity index (χ0) is 16.1. The summed E-state index contributed by atoms with van der Waals surface area (Å²) >= 11 is 0. The second-order valence-corrected chi connectivity index (χ2v) is 7.09. The van der Waals surface area contributed by atoms with Crippen LogP contribution in [0.15, 0.2) is 24.3 Å². The molecule has 1 aliphatic heterocycles. The Kier molecular flexibility index (Phi) is 5.82. The molecule has 0 N–H and O–H groups in total. The minimum absolute atomic E-state index is 0.112. The minimum atomic E-state index is -0.281. The molecule has 1 saturated carbocycles. The number of hydrogen-bond donors (Lipinski definition) is 0. The Morgan fingerprint density at radius 3 is 2.35 bits per heavy atom. The van der Waals surface area contributed by atoms with Gasteiger partial charge in [0, 0.05) is 11.5 Å². The fourth-order valence-electron chi connectivity index (χ4n) is 3.92. The third-order valence-corrected chi connectivity index (χ3v) is 5.50. The smallest absolute Gasteiger partial charge is 0.166 e. The van der Waals surface area contributed by atoms with Crippen LogP contribution in [0, 0.1) is 24.1 Å². The molecule has 0 amide bonds. The summed E-state index contributed by atoms with van der Waals surface area (Å²) in [6, 6.07) is 5.99. The van der Waals surface area contributed by atoms with E-state index in [1.54, 1.807) is 12.1 Å².